The largest absolute Gasteiger partial charge is 0.394 e. The van der Waals surface area contributed by atoms with Crippen LogP contribution in [0.2, 0.25) is 0 Å². The lowest BCUT2D eigenvalue weighted by Crippen LogP contribution is -2.35. The molecule has 0 aromatic carbocycles. The predicted molar refractivity (Wildman–Crippen MR) is 257 cm³/mol. The van der Waals surface area contributed by atoms with E-state index in [-0.39, 0.29) is 65.1 Å². The molecule has 0 rings (SSSR count). The molecule has 19 nitrogen and oxygen atoms in total. The number of aliphatic hydroxyl groups excluding tert-OH is 5. The van der Waals surface area contributed by atoms with Gasteiger partial charge < -0.3 is 81.7 Å². The van der Waals surface area contributed by atoms with Crippen molar-refractivity contribution in [2.75, 3.05) is 145 Å². The summed E-state index contributed by atoms with van der Waals surface area (Å²) in [5.41, 5.74) is 0. The number of aliphatic hydroxyl groups is 5. The smallest absolute Gasteiger partial charge is 0.353 e. The molecule has 0 saturated carbocycles. The Bertz CT molecular complexity index is 1170. The van der Waals surface area contributed by atoms with Gasteiger partial charge in [-0.3, -0.25) is 9.13 Å². The van der Waals surface area contributed by atoms with Crippen molar-refractivity contribution in [3.05, 3.63) is 37.7 Å². The van der Waals surface area contributed by atoms with Crippen molar-refractivity contribution in [2.45, 2.75) is 97.9 Å². The van der Waals surface area contributed by atoms with Gasteiger partial charge in [-0.1, -0.05) is 46.4 Å². The molecule has 0 aromatic rings. The normalized spacial score (nSPS) is 15.4. The minimum Gasteiger partial charge on any atom is -0.394 e. The van der Waals surface area contributed by atoms with Gasteiger partial charge in [0.15, 0.2) is 0 Å². The highest BCUT2D eigenvalue weighted by atomic mass is 31.2. The highest BCUT2D eigenvalue weighted by Gasteiger charge is 2.21. The quantitative estimate of drug-likeness (QED) is 0.0303. The Morgan fingerprint density at radius 3 is 1.23 bits per heavy atom. The summed E-state index contributed by atoms with van der Waals surface area (Å²) < 4.78 is 88.8. The maximum absolute atomic E-state index is 12.2. The zero-order chi connectivity index (χ0) is 50.5. The molecule has 0 aromatic heterocycles. The van der Waals surface area contributed by atoms with Gasteiger partial charge in [0.2, 0.25) is 7.37 Å². The molecule has 0 fully saturated rings. The van der Waals surface area contributed by atoms with Gasteiger partial charge in [0.25, 0.3) is 0 Å². The summed E-state index contributed by atoms with van der Waals surface area (Å²) in [4.78, 5) is 0. The number of hydrogen-bond donors (Lipinski definition) is 5. The molecule has 66 heavy (non-hydrogen) atoms. The summed E-state index contributed by atoms with van der Waals surface area (Å²) in [7, 11) is -5.61. The summed E-state index contributed by atoms with van der Waals surface area (Å²) in [6, 6.07) is 0. The predicted octanol–water partition coefficient (Wildman–Crippen LogP) is 5.10. The molecule has 0 heterocycles. The maximum Gasteiger partial charge on any atom is 0.353 e. The summed E-state index contributed by atoms with van der Waals surface area (Å²) in [6.07, 6.45) is 1.96. The Balaban J connectivity index is -0.00000102. The van der Waals surface area contributed by atoms with Gasteiger partial charge in [0.1, 0.15) is 36.6 Å². The van der Waals surface area contributed by atoms with Gasteiger partial charge in [0.05, 0.1) is 119 Å². The molecule has 5 N–H and O–H groups in total. The summed E-state index contributed by atoms with van der Waals surface area (Å²) in [6.45, 7) is 30.4. The molecule has 0 amide bonds. The SMILES string of the molecule is C=CCOCC(COCCC(C)C)OCC(CO)OCC(O)CO.C=CCOCC(COCCC(C)C)OCC(COCCP(C)(=O)OCC)OCC(O)CO.C=CP(=O)(OCC)OCC. The van der Waals surface area contributed by atoms with Gasteiger partial charge in [-0.05, 0) is 45.4 Å². The fourth-order valence-corrected chi connectivity index (χ4v) is 6.73. The van der Waals surface area contributed by atoms with E-state index in [0.29, 0.717) is 90.7 Å². The second-order valence-corrected chi connectivity index (χ2v) is 20.3. The lowest BCUT2D eigenvalue weighted by Gasteiger charge is -2.24. The Kier molecular flexibility index (Phi) is 50.0. The van der Waals surface area contributed by atoms with Crippen LogP contribution in [0.25, 0.3) is 0 Å². The van der Waals surface area contributed by atoms with Crippen molar-refractivity contribution in [1.82, 2.24) is 0 Å². The minimum absolute atomic E-state index is 0.0539. The first-order chi connectivity index (χ1) is 31.4. The van der Waals surface area contributed by atoms with Gasteiger partial charge in [0, 0.05) is 31.9 Å². The van der Waals surface area contributed by atoms with Crippen molar-refractivity contribution < 1.29 is 90.9 Å². The second kappa shape index (κ2) is 47.7. The van der Waals surface area contributed by atoms with Crippen molar-refractivity contribution in [3.63, 3.8) is 0 Å². The molecular weight excluding hydrogens is 906 g/mol. The molecule has 7 atom stereocenters. The Hall–Kier alpha value is -1.00. The van der Waals surface area contributed by atoms with E-state index in [1.54, 1.807) is 39.6 Å². The third-order valence-electron chi connectivity index (χ3n) is 8.26. The van der Waals surface area contributed by atoms with Gasteiger partial charge in [-0.15, -0.1) is 13.2 Å². The summed E-state index contributed by atoms with van der Waals surface area (Å²) >= 11 is 0. The third-order valence-corrected chi connectivity index (χ3v) is 11.7. The fourth-order valence-electron chi connectivity index (χ4n) is 4.59. The van der Waals surface area contributed by atoms with Gasteiger partial charge in [-0.2, -0.15) is 0 Å². The molecule has 0 spiro atoms. The van der Waals surface area contributed by atoms with Crippen LogP contribution in [0, 0.1) is 11.8 Å². The van der Waals surface area contributed by atoms with E-state index in [1.165, 1.54) is 5.82 Å². The third kappa shape index (κ3) is 46.7. The molecule has 0 radical (unpaired) electrons. The Labute approximate surface area is 397 Å². The lowest BCUT2D eigenvalue weighted by atomic mass is 10.1. The van der Waals surface area contributed by atoms with E-state index in [9.17, 15) is 24.4 Å². The molecule has 0 aliphatic rings. The van der Waals surface area contributed by atoms with Crippen molar-refractivity contribution in [3.8, 4) is 0 Å². The average molecular weight is 999 g/mol. The first-order valence-corrected chi connectivity index (χ1v) is 26.8. The van der Waals surface area contributed by atoms with E-state index in [1.807, 2.05) is 0 Å². The standard InChI is InChI=1S/C22H45O9P.C17H34O7.C6H13O3P/c1-6-9-26-15-21(16-27-10-8-19(3)4)30-18-22(29-14-20(24)13-23)17-28-11-12-32(5,25)31-7-2;1-4-6-21-11-17(12-22-7-5-14(2)3)24-13-16(9-19)23-10-15(20)8-18;1-4-8-10(7,6-3)9-5-2/h6,19-24H,1,7-18H2,2-5H3;4,14-20H,1,5-13H2,2-3H3;6H,3-5H2,1-2H3. The molecule has 0 saturated heterocycles. The van der Waals surface area contributed by atoms with E-state index in [2.05, 4.69) is 47.4 Å². The van der Waals surface area contributed by atoms with Gasteiger partial charge >= 0.3 is 7.60 Å². The highest BCUT2D eigenvalue weighted by molar-refractivity contribution is 7.58. The number of rotatable bonds is 45. The van der Waals surface area contributed by atoms with Crippen molar-refractivity contribution in [2.24, 2.45) is 11.8 Å². The molecule has 21 heteroatoms. The Morgan fingerprint density at radius 2 is 0.864 bits per heavy atom. The fraction of sp³-hybridized carbons (Fsp3) is 0.867. The van der Waals surface area contributed by atoms with Crippen LogP contribution in [-0.2, 0) is 65.3 Å². The van der Waals surface area contributed by atoms with Crippen LogP contribution in [-0.4, -0.2) is 207 Å². The number of ether oxygens (including phenoxy) is 9. The minimum atomic E-state index is -2.94. The van der Waals surface area contributed by atoms with E-state index in [0.717, 1.165) is 12.8 Å². The average Bonchev–Trinajstić information content (AvgIpc) is 3.28. The second-order valence-electron chi connectivity index (χ2n) is 15.6. The van der Waals surface area contributed by atoms with E-state index in [4.69, 9.17) is 66.4 Å². The van der Waals surface area contributed by atoms with Crippen molar-refractivity contribution >= 4 is 15.0 Å². The van der Waals surface area contributed by atoms with Crippen LogP contribution in [0.1, 0.15) is 61.3 Å². The first-order valence-electron chi connectivity index (χ1n) is 22.9. The summed E-state index contributed by atoms with van der Waals surface area (Å²) in [5.74, 6) is 2.35. The molecule has 7 unspecified atom stereocenters. The van der Waals surface area contributed by atoms with Crippen LogP contribution in [0.3, 0.4) is 0 Å². The zero-order valence-corrected chi connectivity index (χ0v) is 43.4. The zero-order valence-electron chi connectivity index (χ0n) is 41.6. The first kappa shape index (κ1) is 69.3. The van der Waals surface area contributed by atoms with Crippen LogP contribution >= 0.6 is 15.0 Å². The van der Waals surface area contributed by atoms with E-state index < -0.39 is 46.0 Å². The van der Waals surface area contributed by atoms with E-state index >= 15 is 0 Å². The van der Waals surface area contributed by atoms with Crippen molar-refractivity contribution in [1.29, 1.82) is 0 Å². The van der Waals surface area contributed by atoms with Crippen LogP contribution in [0.15, 0.2) is 37.7 Å². The lowest BCUT2D eigenvalue weighted by molar-refractivity contribution is -0.119. The summed E-state index contributed by atoms with van der Waals surface area (Å²) in [5, 5.41) is 45.9. The highest BCUT2D eigenvalue weighted by Crippen LogP contribution is 2.48. The Morgan fingerprint density at radius 1 is 0.500 bits per heavy atom. The topological polar surface area (TPSA) is 246 Å². The van der Waals surface area contributed by atoms with Crippen LogP contribution in [0.5, 0.6) is 0 Å². The number of hydrogen-bond acceptors (Lipinski definition) is 19. The van der Waals surface area contributed by atoms with Crippen LogP contribution < -0.4 is 0 Å². The molecule has 0 aliphatic heterocycles. The molecule has 0 aliphatic carbocycles. The maximum atomic E-state index is 12.2. The van der Waals surface area contributed by atoms with Gasteiger partial charge in [-0.25, -0.2) is 0 Å². The monoisotopic (exact) mass is 999 g/mol. The molecular formula is C45H92O19P2. The molecule has 396 valence electrons. The molecule has 0 bridgehead atoms. The van der Waals surface area contributed by atoms with Crippen LogP contribution in [0.4, 0.5) is 0 Å².